The Labute approximate surface area is 146 Å². The number of carbonyl (C=O) groups is 1. The molecular weight excluding hydrogens is 312 g/mol. The van der Waals surface area contributed by atoms with Crippen LogP contribution in [0, 0.1) is 5.92 Å². The third kappa shape index (κ3) is 8.82. The number of benzene rings is 1. The third-order valence-electron chi connectivity index (χ3n) is 3.51. The van der Waals surface area contributed by atoms with Crippen LogP contribution in [0.3, 0.4) is 0 Å². The molecule has 1 amide bonds. The number of hydrogen-bond donors (Lipinski definition) is 2. The molecule has 2 unspecified atom stereocenters. The molecule has 0 spiro atoms. The van der Waals surface area contributed by atoms with Crippen molar-refractivity contribution in [3.8, 4) is 5.75 Å². The van der Waals surface area contributed by atoms with Gasteiger partial charge in [-0.25, -0.2) is 0 Å². The lowest BCUT2D eigenvalue weighted by molar-refractivity contribution is -0.125. The van der Waals surface area contributed by atoms with Crippen molar-refractivity contribution in [2.24, 2.45) is 5.92 Å². The highest BCUT2D eigenvalue weighted by Crippen LogP contribution is 2.15. The Morgan fingerprint density at radius 2 is 1.74 bits per heavy atom. The summed E-state index contributed by atoms with van der Waals surface area (Å²) >= 11 is 0. The summed E-state index contributed by atoms with van der Waals surface area (Å²) in [6.07, 6.45) is 2.08. The standard InChI is InChI=1S/C18H30N2O2.ClH/c1-13(2)22-17-10-8-16(9-11-17)7-6-15(4)20-18(21)14(3)12-19-5;/h8-11,13-15,19H,6-7,12H2,1-5H3,(H,20,21);1H. The molecule has 0 fully saturated rings. The molecule has 0 aliphatic heterocycles. The van der Waals surface area contributed by atoms with Gasteiger partial charge in [0.1, 0.15) is 5.75 Å². The van der Waals surface area contributed by atoms with Crippen molar-refractivity contribution in [3.05, 3.63) is 29.8 Å². The van der Waals surface area contributed by atoms with Gasteiger partial charge in [-0.3, -0.25) is 4.79 Å². The fourth-order valence-electron chi connectivity index (χ4n) is 2.25. The highest BCUT2D eigenvalue weighted by Gasteiger charge is 2.14. The average Bonchev–Trinajstić information content (AvgIpc) is 2.46. The van der Waals surface area contributed by atoms with Gasteiger partial charge in [0.2, 0.25) is 5.91 Å². The first-order valence-electron chi connectivity index (χ1n) is 8.13. The average molecular weight is 343 g/mol. The molecule has 132 valence electrons. The van der Waals surface area contributed by atoms with Crippen LogP contribution in [0.15, 0.2) is 24.3 Å². The number of rotatable bonds is 9. The van der Waals surface area contributed by atoms with E-state index in [1.54, 1.807) is 0 Å². The smallest absolute Gasteiger partial charge is 0.224 e. The van der Waals surface area contributed by atoms with Crippen molar-refractivity contribution in [1.82, 2.24) is 10.6 Å². The predicted octanol–water partition coefficient (Wildman–Crippen LogP) is 3.19. The highest BCUT2D eigenvalue weighted by molar-refractivity contribution is 5.85. The minimum atomic E-state index is -0.0000780. The molecule has 0 heterocycles. The molecule has 0 aliphatic rings. The van der Waals surface area contributed by atoms with E-state index >= 15 is 0 Å². The number of aryl methyl sites for hydroxylation is 1. The number of ether oxygens (including phenoxy) is 1. The molecule has 4 nitrogen and oxygen atoms in total. The number of hydrogen-bond acceptors (Lipinski definition) is 3. The Balaban J connectivity index is 0.00000484. The minimum Gasteiger partial charge on any atom is -0.491 e. The second kappa shape index (κ2) is 11.3. The minimum absolute atomic E-state index is 0. The maximum atomic E-state index is 11.9. The topological polar surface area (TPSA) is 50.4 Å². The van der Waals surface area contributed by atoms with Gasteiger partial charge in [-0.05, 0) is 58.4 Å². The summed E-state index contributed by atoms with van der Waals surface area (Å²) in [5.74, 6) is 1.02. The fourth-order valence-corrected chi connectivity index (χ4v) is 2.25. The quantitative estimate of drug-likeness (QED) is 0.724. The fraction of sp³-hybridized carbons (Fsp3) is 0.611. The summed E-state index contributed by atoms with van der Waals surface area (Å²) in [4.78, 5) is 11.9. The number of nitrogens with one attached hydrogen (secondary N) is 2. The molecule has 23 heavy (non-hydrogen) atoms. The molecule has 0 aliphatic carbocycles. The molecular formula is C18H31ClN2O2. The lowest BCUT2D eigenvalue weighted by atomic mass is 10.0. The lowest BCUT2D eigenvalue weighted by Gasteiger charge is -2.17. The third-order valence-corrected chi connectivity index (χ3v) is 3.51. The Morgan fingerprint density at radius 3 is 2.26 bits per heavy atom. The van der Waals surface area contributed by atoms with Crippen LogP contribution in [0.1, 0.15) is 39.7 Å². The van der Waals surface area contributed by atoms with E-state index < -0.39 is 0 Å². The summed E-state index contributed by atoms with van der Waals surface area (Å²) in [5.41, 5.74) is 1.26. The van der Waals surface area contributed by atoms with Crippen LogP contribution in [-0.2, 0) is 11.2 Å². The van der Waals surface area contributed by atoms with E-state index in [0.717, 1.165) is 18.6 Å². The molecule has 0 bridgehead atoms. The second-order valence-electron chi connectivity index (χ2n) is 6.22. The van der Waals surface area contributed by atoms with Crippen molar-refractivity contribution >= 4 is 18.3 Å². The second-order valence-corrected chi connectivity index (χ2v) is 6.22. The molecule has 5 heteroatoms. The van der Waals surface area contributed by atoms with Crippen molar-refractivity contribution in [2.75, 3.05) is 13.6 Å². The van der Waals surface area contributed by atoms with Crippen LogP contribution >= 0.6 is 12.4 Å². The van der Waals surface area contributed by atoms with Gasteiger partial charge in [0.05, 0.1) is 6.10 Å². The first-order chi connectivity index (χ1) is 10.4. The van der Waals surface area contributed by atoms with Crippen molar-refractivity contribution in [2.45, 2.75) is 52.7 Å². The Kier molecular flexibility index (Phi) is 10.7. The SMILES string of the molecule is CNCC(C)C(=O)NC(C)CCc1ccc(OC(C)C)cc1.Cl. The maximum absolute atomic E-state index is 11.9. The van der Waals surface area contributed by atoms with Gasteiger partial charge in [-0.1, -0.05) is 19.1 Å². The van der Waals surface area contributed by atoms with E-state index in [-0.39, 0.29) is 36.4 Å². The van der Waals surface area contributed by atoms with E-state index in [1.807, 2.05) is 40.0 Å². The van der Waals surface area contributed by atoms with E-state index in [0.29, 0.717) is 6.54 Å². The summed E-state index contributed by atoms with van der Waals surface area (Å²) in [7, 11) is 1.86. The normalized spacial score (nSPS) is 13.1. The van der Waals surface area contributed by atoms with Crippen LogP contribution in [0.2, 0.25) is 0 Å². The molecule has 0 aromatic heterocycles. The van der Waals surface area contributed by atoms with E-state index in [2.05, 4.69) is 29.7 Å². The van der Waals surface area contributed by atoms with Gasteiger partial charge in [-0.2, -0.15) is 0 Å². The van der Waals surface area contributed by atoms with Crippen molar-refractivity contribution < 1.29 is 9.53 Å². The van der Waals surface area contributed by atoms with Crippen LogP contribution in [0.25, 0.3) is 0 Å². The summed E-state index contributed by atoms with van der Waals surface area (Å²) in [6, 6.07) is 8.38. The van der Waals surface area contributed by atoms with E-state index in [1.165, 1.54) is 5.56 Å². The zero-order valence-electron chi connectivity index (χ0n) is 14.9. The Bertz CT molecular complexity index is 449. The van der Waals surface area contributed by atoms with Gasteiger partial charge in [0, 0.05) is 18.5 Å². The lowest BCUT2D eigenvalue weighted by Crippen LogP contribution is -2.39. The Hall–Kier alpha value is -1.26. The van der Waals surface area contributed by atoms with E-state index in [4.69, 9.17) is 4.74 Å². The Morgan fingerprint density at radius 1 is 1.13 bits per heavy atom. The zero-order valence-corrected chi connectivity index (χ0v) is 15.7. The van der Waals surface area contributed by atoms with Gasteiger partial charge in [0.15, 0.2) is 0 Å². The first kappa shape index (κ1) is 21.7. The monoisotopic (exact) mass is 342 g/mol. The molecule has 1 aromatic carbocycles. The number of amides is 1. The van der Waals surface area contributed by atoms with Gasteiger partial charge >= 0.3 is 0 Å². The summed E-state index contributed by atoms with van der Waals surface area (Å²) in [5, 5.41) is 6.09. The van der Waals surface area contributed by atoms with Gasteiger partial charge in [-0.15, -0.1) is 12.4 Å². The van der Waals surface area contributed by atoms with Crippen LogP contribution < -0.4 is 15.4 Å². The molecule has 0 saturated carbocycles. The highest BCUT2D eigenvalue weighted by atomic mass is 35.5. The van der Waals surface area contributed by atoms with Gasteiger partial charge in [0.25, 0.3) is 0 Å². The number of carbonyl (C=O) groups excluding carboxylic acids is 1. The molecule has 1 aromatic rings. The van der Waals surface area contributed by atoms with Crippen molar-refractivity contribution in [3.63, 3.8) is 0 Å². The van der Waals surface area contributed by atoms with Gasteiger partial charge < -0.3 is 15.4 Å². The molecule has 2 atom stereocenters. The molecule has 0 saturated heterocycles. The summed E-state index contributed by atoms with van der Waals surface area (Å²) < 4.78 is 5.63. The molecule has 2 N–H and O–H groups in total. The molecule has 1 rings (SSSR count). The number of halogens is 1. The van der Waals surface area contributed by atoms with Crippen molar-refractivity contribution in [1.29, 1.82) is 0 Å². The van der Waals surface area contributed by atoms with Crippen LogP contribution in [-0.4, -0.2) is 31.6 Å². The van der Waals surface area contributed by atoms with E-state index in [9.17, 15) is 4.79 Å². The first-order valence-corrected chi connectivity index (χ1v) is 8.13. The van der Waals surface area contributed by atoms with Crippen LogP contribution in [0.4, 0.5) is 0 Å². The zero-order chi connectivity index (χ0) is 16.5. The summed E-state index contributed by atoms with van der Waals surface area (Å²) in [6.45, 7) is 8.74. The van der Waals surface area contributed by atoms with Crippen LogP contribution in [0.5, 0.6) is 5.75 Å². The molecule has 0 radical (unpaired) electrons. The maximum Gasteiger partial charge on any atom is 0.224 e. The predicted molar refractivity (Wildman–Crippen MR) is 98.5 cm³/mol. The largest absolute Gasteiger partial charge is 0.491 e.